The molecule has 0 N–H and O–H groups in total. The van der Waals surface area contributed by atoms with E-state index in [4.69, 9.17) is 16.3 Å². The summed E-state index contributed by atoms with van der Waals surface area (Å²) in [5, 5.41) is 0.565. The Morgan fingerprint density at radius 2 is 1.94 bits per heavy atom. The molecule has 1 aromatic carbocycles. The van der Waals surface area contributed by atoms with E-state index in [9.17, 15) is 14.4 Å². The number of hydrogen-bond donors (Lipinski definition) is 0. The minimum Gasteiger partial charge on any atom is -0.465 e. The van der Waals surface area contributed by atoms with Crippen molar-refractivity contribution in [3.63, 3.8) is 0 Å². The van der Waals surface area contributed by atoms with E-state index in [0.29, 0.717) is 21.7 Å². The molecule has 1 aliphatic rings. The molecule has 1 aromatic heterocycles. The molecule has 2 heterocycles. The zero-order valence-electron chi connectivity index (χ0n) is 18.5. The number of nitrogens with zero attached hydrogens (tertiary/aromatic N) is 3. The van der Waals surface area contributed by atoms with Gasteiger partial charge in [-0.15, -0.1) is 11.8 Å². The summed E-state index contributed by atoms with van der Waals surface area (Å²) in [5.74, 6) is 0.667. The molecule has 1 aliphatic heterocycles. The number of esters is 1. The maximum absolute atomic E-state index is 12.5. The SMILES string of the molecule is CCOC(=O)Cn1c(=NC(=O)CSCC(=O)N2CC(C)CC(C)C2)sc2cc(Cl)ccc21. The Bertz CT molecular complexity index is 1060. The second-order valence-corrected chi connectivity index (χ2v) is 10.6. The van der Waals surface area contributed by atoms with E-state index in [-0.39, 0.29) is 36.5 Å². The lowest BCUT2D eigenvalue weighted by atomic mass is 9.92. The van der Waals surface area contributed by atoms with Crippen LogP contribution in [0.2, 0.25) is 5.02 Å². The highest BCUT2D eigenvalue weighted by molar-refractivity contribution is 8.00. The number of halogens is 1. The van der Waals surface area contributed by atoms with Crippen LogP contribution in [0.3, 0.4) is 0 Å². The van der Waals surface area contributed by atoms with Gasteiger partial charge in [0.15, 0.2) is 4.80 Å². The van der Waals surface area contributed by atoms with Crippen LogP contribution in [0.15, 0.2) is 23.2 Å². The van der Waals surface area contributed by atoms with Crippen molar-refractivity contribution in [3.8, 4) is 0 Å². The lowest BCUT2D eigenvalue weighted by Gasteiger charge is -2.35. The van der Waals surface area contributed by atoms with Crippen molar-refractivity contribution in [2.24, 2.45) is 16.8 Å². The smallest absolute Gasteiger partial charge is 0.326 e. The number of ether oxygens (including phenoxy) is 1. The van der Waals surface area contributed by atoms with Gasteiger partial charge >= 0.3 is 5.97 Å². The predicted octanol–water partition coefficient (Wildman–Crippen LogP) is 3.58. The molecule has 0 aliphatic carbocycles. The van der Waals surface area contributed by atoms with Crippen molar-refractivity contribution in [2.75, 3.05) is 31.2 Å². The first-order valence-electron chi connectivity index (χ1n) is 10.6. The molecule has 2 unspecified atom stereocenters. The molecule has 0 radical (unpaired) electrons. The van der Waals surface area contributed by atoms with Crippen LogP contribution in [-0.2, 0) is 25.7 Å². The number of amides is 2. The summed E-state index contributed by atoms with van der Waals surface area (Å²) in [6, 6.07) is 5.30. The molecular formula is C22H28ClN3O4S2. The van der Waals surface area contributed by atoms with E-state index < -0.39 is 5.97 Å². The molecule has 0 saturated carbocycles. The largest absolute Gasteiger partial charge is 0.465 e. The van der Waals surface area contributed by atoms with Crippen LogP contribution in [0.25, 0.3) is 10.2 Å². The Labute approximate surface area is 200 Å². The van der Waals surface area contributed by atoms with Crippen molar-refractivity contribution in [1.82, 2.24) is 9.47 Å². The first kappa shape index (κ1) is 24.8. The van der Waals surface area contributed by atoms with Gasteiger partial charge in [-0.2, -0.15) is 4.99 Å². The normalized spacial score (nSPS) is 19.4. The third kappa shape index (κ3) is 6.59. The average Bonchev–Trinajstić information content (AvgIpc) is 3.03. The Hall–Kier alpha value is -1.84. The highest BCUT2D eigenvalue weighted by Crippen LogP contribution is 2.23. The van der Waals surface area contributed by atoms with E-state index in [1.54, 1.807) is 29.7 Å². The summed E-state index contributed by atoms with van der Waals surface area (Å²) in [7, 11) is 0. The summed E-state index contributed by atoms with van der Waals surface area (Å²) in [5.41, 5.74) is 0.759. The van der Waals surface area contributed by atoms with Gasteiger partial charge < -0.3 is 14.2 Å². The van der Waals surface area contributed by atoms with Crippen LogP contribution in [0.1, 0.15) is 27.2 Å². The fraction of sp³-hybridized carbons (Fsp3) is 0.545. The molecule has 2 atom stereocenters. The first-order valence-corrected chi connectivity index (χ1v) is 13.0. The number of piperidine rings is 1. The quantitative estimate of drug-likeness (QED) is 0.546. The first-order chi connectivity index (χ1) is 15.3. The Balaban J connectivity index is 1.68. The monoisotopic (exact) mass is 497 g/mol. The maximum Gasteiger partial charge on any atom is 0.326 e. The molecule has 10 heteroatoms. The van der Waals surface area contributed by atoms with Crippen molar-refractivity contribution < 1.29 is 19.1 Å². The van der Waals surface area contributed by atoms with E-state index in [1.807, 2.05) is 4.90 Å². The number of hydrogen-bond acceptors (Lipinski definition) is 6. The van der Waals surface area contributed by atoms with Gasteiger partial charge in [0, 0.05) is 18.1 Å². The summed E-state index contributed by atoms with van der Waals surface area (Å²) in [4.78, 5) is 43.6. The molecular weight excluding hydrogens is 470 g/mol. The number of thioether (sulfide) groups is 1. The van der Waals surface area contributed by atoms with Gasteiger partial charge in [-0.3, -0.25) is 14.4 Å². The van der Waals surface area contributed by atoms with Gasteiger partial charge in [0.2, 0.25) is 5.91 Å². The van der Waals surface area contributed by atoms with Crippen molar-refractivity contribution in [1.29, 1.82) is 0 Å². The van der Waals surface area contributed by atoms with Gasteiger partial charge in [-0.1, -0.05) is 36.8 Å². The molecule has 1 saturated heterocycles. The number of fused-ring (bicyclic) bond motifs is 1. The summed E-state index contributed by atoms with van der Waals surface area (Å²) >= 11 is 8.65. The fourth-order valence-corrected chi connectivity index (χ4v) is 5.96. The summed E-state index contributed by atoms with van der Waals surface area (Å²) in [6.07, 6.45) is 1.14. The summed E-state index contributed by atoms with van der Waals surface area (Å²) in [6.45, 7) is 7.86. The van der Waals surface area contributed by atoms with Crippen molar-refractivity contribution in [3.05, 3.63) is 28.0 Å². The lowest BCUT2D eigenvalue weighted by Crippen LogP contribution is -2.43. The minimum atomic E-state index is -0.402. The van der Waals surface area contributed by atoms with E-state index in [0.717, 1.165) is 29.7 Å². The fourth-order valence-electron chi connectivity index (χ4n) is 3.94. The van der Waals surface area contributed by atoms with Crippen LogP contribution in [0, 0.1) is 11.8 Å². The van der Waals surface area contributed by atoms with E-state index in [1.165, 1.54) is 23.1 Å². The zero-order valence-corrected chi connectivity index (χ0v) is 20.9. The van der Waals surface area contributed by atoms with Gasteiger partial charge in [0.1, 0.15) is 6.54 Å². The molecule has 3 rings (SSSR count). The van der Waals surface area contributed by atoms with Crippen LogP contribution < -0.4 is 4.80 Å². The van der Waals surface area contributed by atoms with E-state index >= 15 is 0 Å². The Kier molecular flexibility index (Phi) is 8.79. The Morgan fingerprint density at radius 1 is 1.22 bits per heavy atom. The van der Waals surface area contributed by atoms with E-state index in [2.05, 4.69) is 18.8 Å². The topological polar surface area (TPSA) is 81.0 Å². The molecule has 0 spiro atoms. The van der Waals surface area contributed by atoms with Gasteiger partial charge in [0.25, 0.3) is 5.91 Å². The molecule has 174 valence electrons. The lowest BCUT2D eigenvalue weighted by molar-refractivity contribution is -0.143. The van der Waals surface area contributed by atoms with Crippen LogP contribution in [0.5, 0.6) is 0 Å². The number of likely N-dealkylation sites (tertiary alicyclic amines) is 1. The molecule has 7 nitrogen and oxygen atoms in total. The standard InChI is InChI=1S/C22H28ClN3O4S2/c1-4-30-21(29)11-26-17-6-5-16(23)8-18(17)32-22(26)24-19(27)12-31-13-20(28)25-9-14(2)7-15(3)10-25/h5-6,8,14-15H,4,7,9-13H2,1-3H3. The van der Waals surface area contributed by atoms with Gasteiger partial charge in [-0.25, -0.2) is 0 Å². The van der Waals surface area contributed by atoms with Crippen molar-refractivity contribution in [2.45, 2.75) is 33.7 Å². The van der Waals surface area contributed by atoms with Gasteiger partial charge in [0.05, 0.1) is 28.3 Å². The Morgan fingerprint density at radius 3 is 2.62 bits per heavy atom. The highest BCUT2D eigenvalue weighted by atomic mass is 35.5. The van der Waals surface area contributed by atoms with Crippen LogP contribution in [0.4, 0.5) is 0 Å². The third-order valence-electron chi connectivity index (χ3n) is 5.13. The number of carbonyl (C=O) groups excluding carboxylic acids is 3. The zero-order chi connectivity index (χ0) is 23.3. The molecule has 2 aromatic rings. The number of aromatic nitrogens is 1. The molecule has 0 bridgehead atoms. The maximum atomic E-state index is 12.5. The third-order valence-corrected chi connectivity index (χ3v) is 7.31. The minimum absolute atomic E-state index is 0.0431. The second kappa shape index (κ2) is 11.3. The molecule has 2 amide bonds. The number of rotatable bonds is 7. The van der Waals surface area contributed by atoms with Crippen LogP contribution >= 0.6 is 34.7 Å². The van der Waals surface area contributed by atoms with Crippen LogP contribution in [-0.4, -0.2) is 58.5 Å². The van der Waals surface area contributed by atoms with Gasteiger partial charge in [-0.05, 0) is 43.4 Å². The molecule has 1 fully saturated rings. The van der Waals surface area contributed by atoms with Crippen molar-refractivity contribution >= 4 is 62.7 Å². The average molecular weight is 498 g/mol. The highest BCUT2D eigenvalue weighted by Gasteiger charge is 2.25. The number of carbonyl (C=O) groups is 3. The number of benzene rings is 1. The predicted molar refractivity (Wildman–Crippen MR) is 129 cm³/mol. The molecule has 32 heavy (non-hydrogen) atoms. The number of thiazole rings is 1. The second-order valence-electron chi connectivity index (χ2n) is 8.13. The summed E-state index contributed by atoms with van der Waals surface area (Å²) < 4.78 is 7.55.